The first kappa shape index (κ1) is 20.6. The predicted molar refractivity (Wildman–Crippen MR) is 101 cm³/mol. The van der Waals surface area contributed by atoms with E-state index in [2.05, 4.69) is 33.1 Å². The molecule has 6 N–H and O–H groups in total. The third-order valence-corrected chi connectivity index (χ3v) is 7.54. The monoisotopic (exact) mass is 404 g/mol. The number of aliphatic hydroxyl groups excluding tert-OH is 1. The first-order chi connectivity index (χ1) is 12.7. The zero-order valence-corrected chi connectivity index (χ0v) is 16.6. The molecule has 3 rings (SSSR count). The molecule has 0 radical (unpaired) electrons. The van der Waals surface area contributed by atoms with Crippen molar-refractivity contribution in [3.8, 4) is 6.07 Å². The highest BCUT2D eigenvalue weighted by molar-refractivity contribution is 8.00. The van der Waals surface area contributed by atoms with Gasteiger partial charge in [0.2, 0.25) is 0 Å². The van der Waals surface area contributed by atoms with Gasteiger partial charge in [-0.1, -0.05) is 11.8 Å². The Morgan fingerprint density at radius 3 is 2.65 bits per heavy atom. The Balaban J connectivity index is 1.67. The number of methoxy groups -OCH3 is 2. The summed E-state index contributed by atoms with van der Waals surface area (Å²) in [6.07, 6.45) is 2.94. The molecule has 0 aromatic carbocycles. The summed E-state index contributed by atoms with van der Waals surface area (Å²) in [6, 6.07) is 2.71. The van der Waals surface area contributed by atoms with E-state index in [0.29, 0.717) is 0 Å². The van der Waals surface area contributed by atoms with Crippen molar-refractivity contribution in [3.05, 3.63) is 0 Å². The van der Waals surface area contributed by atoms with Crippen molar-refractivity contribution in [1.29, 1.82) is 5.26 Å². The van der Waals surface area contributed by atoms with E-state index < -0.39 is 0 Å². The number of thioether (sulfide) groups is 2. The van der Waals surface area contributed by atoms with Crippen LogP contribution in [0.2, 0.25) is 0 Å². The summed E-state index contributed by atoms with van der Waals surface area (Å²) >= 11 is 3.21. The number of hydrogen-bond acceptors (Lipinski definition) is 11. The van der Waals surface area contributed by atoms with Gasteiger partial charge in [-0.2, -0.15) is 5.26 Å². The van der Waals surface area contributed by atoms with Crippen LogP contribution in [0.25, 0.3) is 0 Å². The van der Waals surface area contributed by atoms with E-state index in [4.69, 9.17) is 9.47 Å². The van der Waals surface area contributed by atoms with Crippen LogP contribution < -0.4 is 27.0 Å². The smallest absolute Gasteiger partial charge is 0.169 e. The third-order valence-electron chi connectivity index (χ3n) is 5.16. The summed E-state index contributed by atoms with van der Waals surface area (Å²) in [5.74, 6) is -0.0345. The Morgan fingerprint density at radius 1 is 1.19 bits per heavy atom. The van der Waals surface area contributed by atoms with E-state index in [-0.39, 0.29) is 52.4 Å². The summed E-state index contributed by atoms with van der Waals surface area (Å²) in [6.45, 7) is 0.0726. The molecule has 1 saturated carbocycles. The molecule has 3 fully saturated rings. The second-order valence-electron chi connectivity index (χ2n) is 6.65. The molecular formula is C15H28N6O3S2. The Labute approximate surface area is 162 Å². The van der Waals surface area contributed by atoms with Crippen LogP contribution in [-0.4, -0.2) is 59.9 Å². The molecule has 0 bridgehead atoms. The highest BCUT2D eigenvalue weighted by Gasteiger charge is 2.43. The van der Waals surface area contributed by atoms with Gasteiger partial charge < -0.3 is 14.6 Å². The first-order valence-corrected chi connectivity index (χ1v) is 10.7. The van der Waals surface area contributed by atoms with Crippen LogP contribution in [-0.2, 0) is 9.47 Å². The van der Waals surface area contributed by atoms with Gasteiger partial charge in [0.15, 0.2) is 5.56 Å². The lowest BCUT2D eigenvalue weighted by molar-refractivity contribution is 0.0255. The molecule has 1 aliphatic carbocycles. The molecular weight excluding hydrogens is 376 g/mol. The van der Waals surface area contributed by atoms with E-state index in [1.54, 1.807) is 37.7 Å². The number of nitrogens with one attached hydrogen (secondary N) is 5. The lowest BCUT2D eigenvalue weighted by Crippen LogP contribution is -2.54. The van der Waals surface area contributed by atoms with Crippen LogP contribution in [0.1, 0.15) is 19.3 Å². The predicted octanol–water partition coefficient (Wildman–Crippen LogP) is -0.560. The minimum atomic E-state index is -0.184. The van der Waals surface area contributed by atoms with Crippen LogP contribution in [0.3, 0.4) is 0 Å². The molecule has 8 atom stereocenters. The van der Waals surface area contributed by atoms with Gasteiger partial charge >= 0.3 is 0 Å². The molecule has 11 heteroatoms. The number of rotatable bonds is 7. The van der Waals surface area contributed by atoms with E-state index in [9.17, 15) is 10.4 Å². The Bertz CT molecular complexity index is 498. The zero-order valence-electron chi connectivity index (χ0n) is 15.0. The normalized spacial score (nSPS) is 41.8. The number of hydrogen-bond donors (Lipinski definition) is 6. The fourth-order valence-electron chi connectivity index (χ4n) is 3.78. The summed E-state index contributed by atoms with van der Waals surface area (Å²) in [4.78, 5) is 0. The second-order valence-corrected chi connectivity index (χ2v) is 9.17. The average molecular weight is 405 g/mol. The first-order valence-electron chi connectivity index (χ1n) is 8.83. The van der Waals surface area contributed by atoms with Gasteiger partial charge in [0, 0.05) is 20.3 Å². The van der Waals surface area contributed by atoms with Crippen molar-refractivity contribution in [2.24, 2.45) is 11.8 Å². The number of nitrogens with zero attached hydrogens (tertiary/aromatic N) is 1. The lowest BCUT2D eigenvalue weighted by atomic mass is 9.75. The number of nitriles is 1. The number of aliphatic hydroxyl groups is 1. The molecule has 0 aromatic rings. The van der Waals surface area contributed by atoms with E-state index in [1.807, 2.05) is 0 Å². The van der Waals surface area contributed by atoms with Crippen LogP contribution in [0.4, 0.5) is 0 Å². The molecule has 2 aliphatic heterocycles. The van der Waals surface area contributed by atoms with Crippen molar-refractivity contribution in [2.45, 2.75) is 53.2 Å². The fraction of sp³-hybridized carbons (Fsp3) is 0.933. The van der Waals surface area contributed by atoms with Gasteiger partial charge in [0.25, 0.3) is 0 Å². The Kier molecular flexibility index (Phi) is 7.83. The van der Waals surface area contributed by atoms with E-state index in [0.717, 1.165) is 19.3 Å². The molecule has 0 spiro atoms. The molecule has 9 nitrogen and oxygen atoms in total. The van der Waals surface area contributed by atoms with E-state index >= 15 is 0 Å². The maximum Gasteiger partial charge on any atom is 0.169 e. The second kappa shape index (κ2) is 9.88. The molecule has 0 amide bonds. The topological polar surface area (TPSA) is 123 Å². The molecule has 26 heavy (non-hydrogen) atoms. The maximum atomic E-state index is 9.91. The highest BCUT2D eigenvalue weighted by Crippen LogP contribution is 2.38. The zero-order chi connectivity index (χ0) is 18.5. The quantitative estimate of drug-likeness (QED) is 0.327. The summed E-state index contributed by atoms with van der Waals surface area (Å²) in [7, 11) is 3.39. The molecule has 3 aliphatic rings. The van der Waals surface area contributed by atoms with Crippen molar-refractivity contribution in [1.82, 2.24) is 27.0 Å². The number of hydrazine groups is 2. The Hall–Kier alpha value is -0.130. The van der Waals surface area contributed by atoms with Crippen molar-refractivity contribution in [2.75, 3.05) is 20.8 Å². The maximum absolute atomic E-state index is 9.91. The SMILES string of the molecule is COC1CCC(NC2NNC(CO)S2)C(C(C#N)C2NNC(OC)S2)C1. The molecule has 8 unspecified atom stereocenters. The van der Waals surface area contributed by atoms with Crippen molar-refractivity contribution in [3.63, 3.8) is 0 Å². The average Bonchev–Trinajstić information content (AvgIpc) is 3.33. The van der Waals surface area contributed by atoms with Gasteiger partial charge in [0.1, 0.15) is 5.50 Å². The summed E-state index contributed by atoms with van der Waals surface area (Å²) < 4.78 is 10.9. The van der Waals surface area contributed by atoms with Gasteiger partial charge in [-0.3, -0.25) is 5.32 Å². The van der Waals surface area contributed by atoms with Crippen LogP contribution in [0.15, 0.2) is 0 Å². The van der Waals surface area contributed by atoms with Crippen LogP contribution in [0.5, 0.6) is 0 Å². The van der Waals surface area contributed by atoms with Crippen molar-refractivity contribution < 1.29 is 14.6 Å². The minimum absolute atomic E-state index is 0.00660. The molecule has 148 valence electrons. The molecule has 2 saturated heterocycles. The van der Waals surface area contributed by atoms with Gasteiger partial charge in [-0.25, -0.2) is 21.7 Å². The molecule has 2 heterocycles. The standard InChI is InChI=1S/C15H28N6O3S2/c1-23-8-3-4-11(17-14-20-18-12(7-22)25-14)9(5-8)10(6-16)13-19-21-15(24-2)26-13/h8-15,17-22H,3-5,7H2,1-2H3. The molecule has 0 aromatic heterocycles. The fourth-order valence-corrected chi connectivity index (χ4v) is 5.80. The largest absolute Gasteiger partial charge is 0.394 e. The summed E-state index contributed by atoms with van der Waals surface area (Å²) in [5, 5.41) is 22.8. The van der Waals surface area contributed by atoms with Gasteiger partial charge in [0.05, 0.1) is 35.4 Å². The third kappa shape index (κ3) is 4.82. The van der Waals surface area contributed by atoms with Crippen LogP contribution >= 0.6 is 23.5 Å². The van der Waals surface area contributed by atoms with Gasteiger partial charge in [-0.05, 0) is 25.2 Å². The Morgan fingerprint density at radius 2 is 2.04 bits per heavy atom. The van der Waals surface area contributed by atoms with Gasteiger partial charge in [-0.15, -0.1) is 11.8 Å². The minimum Gasteiger partial charge on any atom is -0.394 e. The lowest BCUT2D eigenvalue weighted by Gasteiger charge is -2.40. The van der Waals surface area contributed by atoms with Crippen molar-refractivity contribution >= 4 is 23.5 Å². The van der Waals surface area contributed by atoms with Crippen LogP contribution in [0, 0.1) is 23.2 Å². The number of ether oxygens (including phenoxy) is 2. The van der Waals surface area contributed by atoms with E-state index in [1.165, 1.54) is 0 Å². The highest BCUT2D eigenvalue weighted by atomic mass is 32.2. The summed E-state index contributed by atoms with van der Waals surface area (Å²) in [5.41, 5.74) is 12.4.